The van der Waals surface area contributed by atoms with E-state index >= 15 is 0 Å². The Balaban J connectivity index is 1.86. The summed E-state index contributed by atoms with van der Waals surface area (Å²) in [6.45, 7) is 3.24. The molecule has 0 spiro atoms. The van der Waals surface area contributed by atoms with E-state index in [9.17, 15) is 0 Å². The van der Waals surface area contributed by atoms with Crippen molar-refractivity contribution in [2.45, 2.75) is 37.5 Å². The van der Waals surface area contributed by atoms with E-state index in [1.807, 2.05) is 18.2 Å². The van der Waals surface area contributed by atoms with Crippen molar-refractivity contribution in [2.24, 2.45) is 0 Å². The van der Waals surface area contributed by atoms with Crippen LogP contribution in [0, 0.1) is 11.3 Å². The normalized spacial score (nSPS) is 21.2. The summed E-state index contributed by atoms with van der Waals surface area (Å²) in [5.41, 5.74) is 1.95. The van der Waals surface area contributed by atoms with Crippen molar-refractivity contribution in [3.63, 3.8) is 0 Å². The van der Waals surface area contributed by atoms with Crippen molar-refractivity contribution in [1.82, 2.24) is 5.32 Å². The first kappa shape index (κ1) is 13.5. The van der Waals surface area contributed by atoms with E-state index in [1.165, 1.54) is 30.6 Å². The molecule has 3 heteroatoms. The van der Waals surface area contributed by atoms with E-state index in [1.54, 1.807) is 0 Å². The van der Waals surface area contributed by atoms with Gasteiger partial charge in [0.25, 0.3) is 0 Å². The number of thioether (sulfide) groups is 1. The fourth-order valence-electron chi connectivity index (χ4n) is 2.27. The van der Waals surface area contributed by atoms with Gasteiger partial charge >= 0.3 is 0 Å². The molecule has 18 heavy (non-hydrogen) atoms. The van der Waals surface area contributed by atoms with Crippen LogP contribution in [0.1, 0.15) is 43.4 Å². The van der Waals surface area contributed by atoms with Crippen LogP contribution in [0.5, 0.6) is 0 Å². The molecule has 1 aromatic rings. The van der Waals surface area contributed by atoms with Gasteiger partial charge in [-0.05, 0) is 43.2 Å². The topological polar surface area (TPSA) is 35.8 Å². The third kappa shape index (κ3) is 3.76. The van der Waals surface area contributed by atoms with Gasteiger partial charge < -0.3 is 5.32 Å². The first-order valence-corrected chi connectivity index (χ1v) is 7.69. The molecule has 0 saturated carbocycles. The Morgan fingerprint density at radius 3 is 3.11 bits per heavy atom. The molecule has 1 saturated heterocycles. The van der Waals surface area contributed by atoms with Crippen molar-refractivity contribution in [3.05, 3.63) is 35.4 Å². The molecule has 0 aromatic heterocycles. The third-order valence-electron chi connectivity index (χ3n) is 3.44. The molecule has 96 valence electrons. The Morgan fingerprint density at radius 1 is 1.50 bits per heavy atom. The molecule has 2 rings (SSSR count). The predicted octanol–water partition coefficient (Wildman–Crippen LogP) is 3.49. The highest BCUT2D eigenvalue weighted by atomic mass is 32.2. The third-order valence-corrected chi connectivity index (χ3v) is 4.84. The molecule has 2 unspecified atom stereocenters. The summed E-state index contributed by atoms with van der Waals surface area (Å²) in [6, 6.07) is 10.4. The quantitative estimate of drug-likeness (QED) is 0.900. The molecule has 1 fully saturated rings. The van der Waals surface area contributed by atoms with Crippen LogP contribution < -0.4 is 5.32 Å². The number of rotatable bonds is 4. The highest BCUT2D eigenvalue weighted by molar-refractivity contribution is 7.99. The van der Waals surface area contributed by atoms with Crippen LogP contribution in [-0.4, -0.2) is 17.5 Å². The van der Waals surface area contributed by atoms with Crippen LogP contribution in [0.3, 0.4) is 0 Å². The molecule has 1 aliphatic heterocycles. The van der Waals surface area contributed by atoms with E-state index in [0.717, 1.165) is 17.4 Å². The van der Waals surface area contributed by atoms with Crippen LogP contribution in [0.15, 0.2) is 24.3 Å². The van der Waals surface area contributed by atoms with Crippen LogP contribution in [0.25, 0.3) is 0 Å². The summed E-state index contributed by atoms with van der Waals surface area (Å²) in [6.07, 6.45) is 4.08. The molecular weight excluding hydrogens is 240 g/mol. The zero-order valence-electron chi connectivity index (χ0n) is 10.9. The van der Waals surface area contributed by atoms with E-state index < -0.39 is 0 Å². The minimum absolute atomic E-state index is 0.320. The van der Waals surface area contributed by atoms with Crippen molar-refractivity contribution in [1.29, 1.82) is 5.26 Å². The van der Waals surface area contributed by atoms with Crippen molar-refractivity contribution in [3.8, 4) is 6.07 Å². The van der Waals surface area contributed by atoms with Crippen molar-refractivity contribution < 1.29 is 0 Å². The molecule has 1 N–H and O–H groups in total. The molecular formula is C15H20N2S. The molecule has 0 radical (unpaired) electrons. The van der Waals surface area contributed by atoms with E-state index in [-0.39, 0.29) is 0 Å². The van der Waals surface area contributed by atoms with Gasteiger partial charge in [-0.1, -0.05) is 18.6 Å². The fraction of sp³-hybridized carbons (Fsp3) is 0.533. The number of nitrogens with one attached hydrogen (secondary N) is 1. The SMILES string of the molecule is CC(NCC1CCCCS1)c1cccc(C#N)c1. The zero-order valence-corrected chi connectivity index (χ0v) is 11.7. The largest absolute Gasteiger partial charge is 0.309 e. The molecule has 0 aliphatic carbocycles. The van der Waals surface area contributed by atoms with Gasteiger partial charge in [-0.2, -0.15) is 17.0 Å². The molecule has 1 aliphatic rings. The number of hydrogen-bond acceptors (Lipinski definition) is 3. The number of benzene rings is 1. The first-order valence-electron chi connectivity index (χ1n) is 6.64. The maximum atomic E-state index is 8.90. The Labute approximate surface area is 114 Å². The number of hydrogen-bond donors (Lipinski definition) is 1. The molecule has 1 aromatic carbocycles. The van der Waals surface area contributed by atoms with Crippen molar-refractivity contribution >= 4 is 11.8 Å². The highest BCUT2D eigenvalue weighted by Crippen LogP contribution is 2.25. The fourth-order valence-corrected chi connectivity index (χ4v) is 3.52. The Hall–Kier alpha value is -0.980. The minimum Gasteiger partial charge on any atom is -0.309 e. The highest BCUT2D eigenvalue weighted by Gasteiger charge is 2.15. The van der Waals surface area contributed by atoms with Gasteiger partial charge in [-0.3, -0.25) is 0 Å². The van der Waals surface area contributed by atoms with Gasteiger partial charge in [0.1, 0.15) is 0 Å². The first-order chi connectivity index (χ1) is 8.79. The Morgan fingerprint density at radius 2 is 2.39 bits per heavy atom. The van der Waals surface area contributed by atoms with E-state index in [2.05, 4.69) is 36.1 Å². The number of nitrogens with zero attached hydrogens (tertiary/aromatic N) is 1. The lowest BCUT2D eigenvalue weighted by molar-refractivity contribution is 0.538. The second-order valence-corrected chi connectivity index (χ2v) is 6.26. The summed E-state index contributed by atoms with van der Waals surface area (Å²) in [4.78, 5) is 0. The lowest BCUT2D eigenvalue weighted by Crippen LogP contribution is -2.29. The monoisotopic (exact) mass is 260 g/mol. The van der Waals surface area contributed by atoms with Gasteiger partial charge in [0.15, 0.2) is 0 Å². The van der Waals surface area contributed by atoms with Gasteiger partial charge in [-0.25, -0.2) is 0 Å². The summed E-state index contributed by atoms with van der Waals surface area (Å²) >= 11 is 2.09. The average Bonchev–Trinajstić information content (AvgIpc) is 2.46. The lowest BCUT2D eigenvalue weighted by atomic mass is 10.1. The minimum atomic E-state index is 0.320. The summed E-state index contributed by atoms with van der Waals surface area (Å²) in [5.74, 6) is 1.31. The van der Waals surface area contributed by atoms with Gasteiger partial charge in [0.05, 0.1) is 11.6 Å². The smallest absolute Gasteiger partial charge is 0.0991 e. The van der Waals surface area contributed by atoms with Gasteiger partial charge in [-0.15, -0.1) is 0 Å². The Bertz CT molecular complexity index is 419. The van der Waals surface area contributed by atoms with Crippen molar-refractivity contribution in [2.75, 3.05) is 12.3 Å². The summed E-state index contributed by atoms with van der Waals surface area (Å²) in [5, 5.41) is 13.3. The van der Waals surface area contributed by atoms with Gasteiger partial charge in [0, 0.05) is 17.8 Å². The maximum Gasteiger partial charge on any atom is 0.0991 e. The summed E-state index contributed by atoms with van der Waals surface area (Å²) in [7, 11) is 0. The Kier molecular flexibility index (Phi) is 5.10. The maximum absolute atomic E-state index is 8.90. The van der Waals surface area contributed by atoms with Crippen LogP contribution in [0.4, 0.5) is 0 Å². The van der Waals surface area contributed by atoms with E-state index in [0.29, 0.717) is 6.04 Å². The molecule has 0 amide bonds. The molecule has 0 bridgehead atoms. The van der Waals surface area contributed by atoms with Crippen LogP contribution in [-0.2, 0) is 0 Å². The standard InChI is InChI=1S/C15H20N2S/c1-12(14-6-4-5-13(9-14)10-16)17-11-15-7-2-3-8-18-15/h4-6,9,12,15,17H,2-3,7-8,11H2,1H3. The second kappa shape index (κ2) is 6.82. The zero-order chi connectivity index (χ0) is 12.8. The average molecular weight is 260 g/mol. The van der Waals surface area contributed by atoms with E-state index in [4.69, 9.17) is 5.26 Å². The summed E-state index contributed by atoms with van der Waals surface area (Å²) < 4.78 is 0. The second-order valence-electron chi connectivity index (χ2n) is 4.86. The molecule has 2 nitrogen and oxygen atoms in total. The van der Waals surface area contributed by atoms with Gasteiger partial charge in [0.2, 0.25) is 0 Å². The molecule has 1 heterocycles. The van der Waals surface area contributed by atoms with Crippen LogP contribution in [0.2, 0.25) is 0 Å². The lowest BCUT2D eigenvalue weighted by Gasteiger charge is -2.24. The molecule has 2 atom stereocenters. The number of nitriles is 1. The van der Waals surface area contributed by atoms with Crippen LogP contribution >= 0.6 is 11.8 Å². The predicted molar refractivity (Wildman–Crippen MR) is 77.7 cm³/mol.